The van der Waals surface area contributed by atoms with Gasteiger partial charge in [0.2, 0.25) is 11.8 Å². The van der Waals surface area contributed by atoms with Crippen molar-refractivity contribution in [3.8, 4) is 0 Å². The average molecular weight is 250 g/mol. The standard InChI is InChI=1S/C13H15FN2O2/c1-3-10-13(18)16(7-12(17)15-10)11-6-9(14)5-4-8(11)2/h4-6,10H,3,7H2,1-2H3,(H,15,17). The smallest absolute Gasteiger partial charge is 0.250 e. The third-order valence-electron chi connectivity index (χ3n) is 3.07. The fraction of sp³-hybridized carbons (Fsp3) is 0.385. The lowest BCUT2D eigenvalue weighted by atomic mass is 10.1. The maximum Gasteiger partial charge on any atom is 0.250 e. The fourth-order valence-corrected chi connectivity index (χ4v) is 2.07. The highest BCUT2D eigenvalue weighted by molar-refractivity contribution is 6.06. The minimum Gasteiger partial charge on any atom is -0.343 e. The molecule has 1 N–H and O–H groups in total. The molecule has 1 aliphatic rings. The highest BCUT2D eigenvalue weighted by Gasteiger charge is 2.32. The van der Waals surface area contributed by atoms with E-state index in [1.807, 2.05) is 6.92 Å². The van der Waals surface area contributed by atoms with E-state index in [2.05, 4.69) is 5.32 Å². The SMILES string of the molecule is CCC1NC(=O)CN(c2cc(F)ccc2C)C1=O. The van der Waals surface area contributed by atoms with Gasteiger partial charge in [-0.1, -0.05) is 13.0 Å². The molecule has 2 rings (SSSR count). The Kier molecular flexibility index (Phi) is 3.32. The number of piperazine rings is 1. The molecule has 1 fully saturated rings. The molecule has 1 aromatic carbocycles. The van der Waals surface area contributed by atoms with Crippen LogP contribution in [0, 0.1) is 12.7 Å². The number of carbonyl (C=O) groups excluding carboxylic acids is 2. The molecular weight excluding hydrogens is 235 g/mol. The summed E-state index contributed by atoms with van der Waals surface area (Å²) in [5, 5.41) is 2.63. The highest BCUT2D eigenvalue weighted by Crippen LogP contribution is 2.23. The summed E-state index contributed by atoms with van der Waals surface area (Å²) < 4.78 is 13.3. The molecule has 18 heavy (non-hydrogen) atoms. The Bertz CT molecular complexity index is 502. The van der Waals surface area contributed by atoms with Gasteiger partial charge in [-0.05, 0) is 31.0 Å². The van der Waals surface area contributed by atoms with Crippen LogP contribution < -0.4 is 10.2 Å². The molecule has 96 valence electrons. The van der Waals surface area contributed by atoms with E-state index in [1.54, 1.807) is 13.0 Å². The second-order valence-corrected chi connectivity index (χ2v) is 4.38. The maximum atomic E-state index is 13.3. The van der Waals surface area contributed by atoms with Gasteiger partial charge in [-0.2, -0.15) is 0 Å². The van der Waals surface area contributed by atoms with Crippen molar-refractivity contribution < 1.29 is 14.0 Å². The Hall–Kier alpha value is -1.91. The van der Waals surface area contributed by atoms with Crippen LogP contribution in [-0.2, 0) is 9.59 Å². The number of nitrogens with zero attached hydrogens (tertiary/aromatic N) is 1. The molecule has 0 radical (unpaired) electrons. The largest absolute Gasteiger partial charge is 0.343 e. The normalized spacial score (nSPS) is 19.9. The molecule has 0 saturated carbocycles. The van der Waals surface area contributed by atoms with Crippen LogP contribution in [0.15, 0.2) is 18.2 Å². The number of rotatable bonds is 2. The molecule has 1 atom stereocenters. The predicted octanol–water partition coefficient (Wildman–Crippen LogP) is 1.38. The molecule has 4 nitrogen and oxygen atoms in total. The zero-order valence-corrected chi connectivity index (χ0v) is 10.4. The molecule has 0 aliphatic carbocycles. The summed E-state index contributed by atoms with van der Waals surface area (Å²) in [6, 6.07) is 3.71. The number of aryl methyl sites for hydroxylation is 1. The molecule has 0 bridgehead atoms. The summed E-state index contributed by atoms with van der Waals surface area (Å²) >= 11 is 0. The molecule has 1 saturated heterocycles. The Labute approximate surface area is 105 Å². The van der Waals surface area contributed by atoms with Gasteiger partial charge in [0.1, 0.15) is 18.4 Å². The first-order valence-corrected chi connectivity index (χ1v) is 5.89. The van der Waals surface area contributed by atoms with Gasteiger partial charge in [0.15, 0.2) is 0 Å². The van der Waals surface area contributed by atoms with E-state index in [1.165, 1.54) is 17.0 Å². The molecule has 1 heterocycles. The van der Waals surface area contributed by atoms with Gasteiger partial charge in [0.25, 0.3) is 0 Å². The molecule has 5 heteroatoms. The average Bonchev–Trinajstić information content (AvgIpc) is 2.35. The zero-order chi connectivity index (χ0) is 13.3. The second-order valence-electron chi connectivity index (χ2n) is 4.38. The predicted molar refractivity (Wildman–Crippen MR) is 65.7 cm³/mol. The number of nitrogens with one attached hydrogen (secondary N) is 1. The first-order chi connectivity index (χ1) is 8.52. The van der Waals surface area contributed by atoms with E-state index in [0.29, 0.717) is 12.1 Å². The van der Waals surface area contributed by atoms with Gasteiger partial charge < -0.3 is 10.2 Å². The van der Waals surface area contributed by atoms with E-state index in [0.717, 1.165) is 5.56 Å². The topological polar surface area (TPSA) is 49.4 Å². The number of halogens is 1. The van der Waals surface area contributed by atoms with Crippen LogP contribution in [0.1, 0.15) is 18.9 Å². The quantitative estimate of drug-likeness (QED) is 0.862. The fourth-order valence-electron chi connectivity index (χ4n) is 2.07. The van der Waals surface area contributed by atoms with Crippen molar-refractivity contribution in [2.45, 2.75) is 26.3 Å². The van der Waals surface area contributed by atoms with Crippen molar-refractivity contribution in [1.29, 1.82) is 0 Å². The van der Waals surface area contributed by atoms with E-state index >= 15 is 0 Å². The number of benzene rings is 1. The van der Waals surface area contributed by atoms with Crippen LogP contribution in [0.25, 0.3) is 0 Å². The molecule has 1 aromatic rings. The second kappa shape index (κ2) is 4.76. The third kappa shape index (κ3) is 2.20. The Morgan fingerprint density at radius 3 is 2.83 bits per heavy atom. The number of amides is 2. The molecular formula is C13H15FN2O2. The van der Waals surface area contributed by atoms with Crippen molar-refractivity contribution in [3.63, 3.8) is 0 Å². The lowest BCUT2D eigenvalue weighted by Gasteiger charge is -2.32. The van der Waals surface area contributed by atoms with Crippen LogP contribution in [0.2, 0.25) is 0 Å². The van der Waals surface area contributed by atoms with Gasteiger partial charge >= 0.3 is 0 Å². The minimum atomic E-state index is -0.520. The lowest BCUT2D eigenvalue weighted by molar-refractivity contribution is -0.131. The monoisotopic (exact) mass is 250 g/mol. The summed E-state index contributed by atoms with van der Waals surface area (Å²) in [7, 11) is 0. The molecule has 2 amide bonds. The van der Waals surface area contributed by atoms with Crippen molar-refractivity contribution >= 4 is 17.5 Å². The minimum absolute atomic E-state index is 0.0559. The molecule has 1 unspecified atom stereocenters. The van der Waals surface area contributed by atoms with E-state index in [-0.39, 0.29) is 18.4 Å². The molecule has 0 spiro atoms. The summed E-state index contributed by atoms with van der Waals surface area (Å²) in [6.45, 7) is 3.56. The van der Waals surface area contributed by atoms with E-state index < -0.39 is 11.9 Å². The van der Waals surface area contributed by atoms with Gasteiger partial charge in [0, 0.05) is 0 Å². The molecule has 0 aromatic heterocycles. The van der Waals surface area contributed by atoms with Gasteiger partial charge in [0.05, 0.1) is 5.69 Å². The van der Waals surface area contributed by atoms with Crippen LogP contribution in [-0.4, -0.2) is 24.4 Å². The summed E-state index contributed by atoms with van der Waals surface area (Å²) in [6.07, 6.45) is 0.523. The first kappa shape index (κ1) is 12.5. The Morgan fingerprint density at radius 1 is 1.44 bits per heavy atom. The Morgan fingerprint density at radius 2 is 2.17 bits per heavy atom. The Balaban J connectivity index is 2.39. The third-order valence-corrected chi connectivity index (χ3v) is 3.07. The van der Waals surface area contributed by atoms with Crippen molar-refractivity contribution in [1.82, 2.24) is 5.32 Å². The van der Waals surface area contributed by atoms with Crippen molar-refractivity contribution in [2.75, 3.05) is 11.4 Å². The number of anilines is 1. The van der Waals surface area contributed by atoms with Gasteiger partial charge in [-0.25, -0.2) is 4.39 Å². The first-order valence-electron chi connectivity index (χ1n) is 5.89. The number of hydrogen-bond acceptors (Lipinski definition) is 2. The number of hydrogen-bond donors (Lipinski definition) is 1. The van der Waals surface area contributed by atoms with Crippen LogP contribution in [0.3, 0.4) is 0 Å². The lowest BCUT2D eigenvalue weighted by Crippen LogP contribution is -2.58. The van der Waals surface area contributed by atoms with Gasteiger partial charge in [-0.3, -0.25) is 9.59 Å². The summed E-state index contributed by atoms with van der Waals surface area (Å²) in [5.41, 5.74) is 1.24. The van der Waals surface area contributed by atoms with Crippen LogP contribution in [0.4, 0.5) is 10.1 Å². The summed E-state index contributed by atoms with van der Waals surface area (Å²) in [4.78, 5) is 25.1. The van der Waals surface area contributed by atoms with Gasteiger partial charge in [-0.15, -0.1) is 0 Å². The van der Waals surface area contributed by atoms with E-state index in [9.17, 15) is 14.0 Å². The van der Waals surface area contributed by atoms with Crippen molar-refractivity contribution in [3.05, 3.63) is 29.6 Å². The summed E-state index contributed by atoms with van der Waals surface area (Å²) in [5.74, 6) is -0.821. The van der Waals surface area contributed by atoms with Crippen LogP contribution in [0.5, 0.6) is 0 Å². The van der Waals surface area contributed by atoms with E-state index in [4.69, 9.17) is 0 Å². The highest BCUT2D eigenvalue weighted by atomic mass is 19.1. The molecule has 1 aliphatic heterocycles. The zero-order valence-electron chi connectivity index (χ0n) is 10.4. The maximum absolute atomic E-state index is 13.3. The van der Waals surface area contributed by atoms with Crippen LogP contribution >= 0.6 is 0 Å². The number of carbonyl (C=O) groups is 2. The van der Waals surface area contributed by atoms with Crippen molar-refractivity contribution in [2.24, 2.45) is 0 Å².